The topological polar surface area (TPSA) is 17.1 Å². The number of benzene rings is 3. The van der Waals surface area contributed by atoms with E-state index in [4.69, 9.17) is 0 Å². The Morgan fingerprint density at radius 1 is 0.828 bits per heavy atom. The van der Waals surface area contributed by atoms with Crippen LogP contribution in [0.2, 0.25) is 6.55 Å². The molecule has 0 heterocycles. The monoisotopic (exact) mass is 482 g/mol. The molecular formula is C25H27BrOSSi. The molecule has 0 aliphatic carbocycles. The molecule has 0 amide bonds. The fraction of sp³-hybridized carbons (Fsp3) is 0.240. The first-order valence-electron chi connectivity index (χ1n) is 10.0. The van der Waals surface area contributed by atoms with Crippen LogP contribution >= 0.6 is 27.7 Å². The van der Waals surface area contributed by atoms with Crippen LogP contribution in [0.25, 0.3) is 0 Å². The molecule has 2 atom stereocenters. The van der Waals surface area contributed by atoms with Crippen LogP contribution < -0.4 is 10.4 Å². The summed E-state index contributed by atoms with van der Waals surface area (Å²) in [5, 5.41) is 2.70. The van der Waals surface area contributed by atoms with E-state index in [0.29, 0.717) is 10.2 Å². The van der Waals surface area contributed by atoms with E-state index in [1.165, 1.54) is 10.4 Å². The standard InChI is InChI=1S/C25H27BrOSSi/c1-20(26)18-19-24(28-21-12-6-3-7-13-21)25(27)29(2,22-14-8-4-9-15-22)23-16-10-5-11-17-23/h3-17,20,24H,18-19H2,1-2H3. The molecule has 3 rings (SSSR count). The summed E-state index contributed by atoms with van der Waals surface area (Å²) in [7, 11) is -2.57. The summed E-state index contributed by atoms with van der Waals surface area (Å²) < 4.78 is 0. The maximum absolute atomic E-state index is 14.2. The SMILES string of the molecule is CC(Br)CCC(Sc1ccccc1)C(=O)[Si](C)(c1ccccc1)c1ccccc1. The lowest BCUT2D eigenvalue weighted by molar-refractivity contribution is -0.112. The summed E-state index contributed by atoms with van der Waals surface area (Å²) in [4.78, 5) is 15.8. The van der Waals surface area contributed by atoms with Gasteiger partial charge in [-0.1, -0.05) is 108 Å². The Hall–Kier alpha value is -1.62. The average molecular weight is 484 g/mol. The Bertz CT molecular complexity index is 860. The summed E-state index contributed by atoms with van der Waals surface area (Å²) in [6.07, 6.45) is 1.84. The number of alkyl halides is 1. The molecule has 4 heteroatoms. The van der Waals surface area contributed by atoms with Crippen molar-refractivity contribution < 1.29 is 4.79 Å². The molecule has 0 aromatic heterocycles. The van der Waals surface area contributed by atoms with Gasteiger partial charge in [0, 0.05) is 9.72 Å². The van der Waals surface area contributed by atoms with Gasteiger partial charge >= 0.3 is 0 Å². The predicted octanol–water partition coefficient (Wildman–Crippen LogP) is 5.71. The zero-order valence-corrected chi connectivity index (χ0v) is 20.3. The van der Waals surface area contributed by atoms with Crippen LogP contribution in [0.5, 0.6) is 0 Å². The van der Waals surface area contributed by atoms with Crippen LogP contribution in [0.1, 0.15) is 19.8 Å². The van der Waals surface area contributed by atoms with E-state index in [9.17, 15) is 4.79 Å². The summed E-state index contributed by atoms with van der Waals surface area (Å²) >= 11 is 5.39. The molecule has 0 fully saturated rings. The summed E-state index contributed by atoms with van der Waals surface area (Å²) in [5.74, 6) is 0. The van der Waals surface area contributed by atoms with E-state index in [2.05, 4.69) is 90.1 Å². The first-order valence-corrected chi connectivity index (χ1v) is 14.3. The van der Waals surface area contributed by atoms with Crippen molar-refractivity contribution in [2.45, 2.75) is 41.3 Å². The third kappa shape index (κ3) is 5.50. The fourth-order valence-electron chi connectivity index (χ4n) is 3.60. The highest BCUT2D eigenvalue weighted by Gasteiger charge is 2.43. The molecule has 0 saturated carbocycles. The smallest absolute Gasteiger partial charge is 0.192 e. The van der Waals surface area contributed by atoms with E-state index in [-0.39, 0.29) is 5.25 Å². The third-order valence-electron chi connectivity index (χ3n) is 5.34. The van der Waals surface area contributed by atoms with Gasteiger partial charge in [0.15, 0.2) is 8.07 Å². The number of carbonyl (C=O) groups is 1. The molecule has 3 aromatic carbocycles. The van der Waals surface area contributed by atoms with Gasteiger partial charge in [-0.3, -0.25) is 0 Å². The minimum absolute atomic E-state index is 0.0607. The Labute approximate surface area is 188 Å². The van der Waals surface area contributed by atoms with Crippen LogP contribution in [0.15, 0.2) is 95.9 Å². The first kappa shape index (κ1) is 22.1. The number of carbonyl (C=O) groups excluding carboxylic acids is 1. The molecular weight excluding hydrogens is 456 g/mol. The van der Waals surface area contributed by atoms with Crippen molar-refractivity contribution in [3.63, 3.8) is 0 Å². The highest BCUT2D eigenvalue weighted by atomic mass is 79.9. The lowest BCUT2D eigenvalue weighted by Gasteiger charge is -2.31. The highest BCUT2D eigenvalue weighted by Crippen LogP contribution is 2.30. The van der Waals surface area contributed by atoms with Crippen LogP contribution in [-0.2, 0) is 4.79 Å². The molecule has 0 radical (unpaired) electrons. The van der Waals surface area contributed by atoms with Gasteiger partial charge in [-0.25, -0.2) is 0 Å². The quantitative estimate of drug-likeness (QED) is 0.220. The maximum atomic E-state index is 14.2. The Morgan fingerprint density at radius 3 is 1.72 bits per heavy atom. The van der Waals surface area contributed by atoms with Gasteiger partial charge in [0.25, 0.3) is 0 Å². The number of hydrogen-bond acceptors (Lipinski definition) is 2. The molecule has 0 aliphatic rings. The predicted molar refractivity (Wildman–Crippen MR) is 132 cm³/mol. The highest BCUT2D eigenvalue weighted by molar-refractivity contribution is 9.09. The van der Waals surface area contributed by atoms with Gasteiger partial charge in [0.2, 0.25) is 0 Å². The molecule has 0 bridgehead atoms. The van der Waals surface area contributed by atoms with Gasteiger partial charge in [-0.05, 0) is 35.3 Å². The Morgan fingerprint density at radius 2 is 1.28 bits per heavy atom. The molecule has 0 N–H and O–H groups in total. The van der Waals surface area contributed by atoms with Crippen molar-refractivity contribution >= 4 is 51.5 Å². The lowest BCUT2D eigenvalue weighted by atomic mass is 10.2. The van der Waals surface area contributed by atoms with Crippen LogP contribution in [-0.4, -0.2) is 23.6 Å². The van der Waals surface area contributed by atoms with Crippen LogP contribution in [0.3, 0.4) is 0 Å². The second-order valence-corrected chi connectivity index (χ2v) is 14.2. The zero-order valence-electron chi connectivity index (χ0n) is 16.9. The second-order valence-electron chi connectivity index (χ2n) is 7.50. The molecule has 2 unspecified atom stereocenters. The van der Waals surface area contributed by atoms with Gasteiger partial charge in [0.1, 0.15) is 5.41 Å². The van der Waals surface area contributed by atoms with Crippen molar-refractivity contribution in [3.05, 3.63) is 91.0 Å². The van der Waals surface area contributed by atoms with Crippen LogP contribution in [0, 0.1) is 0 Å². The number of rotatable bonds is 9. The normalized spacial score (nSPS) is 13.6. The van der Waals surface area contributed by atoms with Gasteiger partial charge in [0.05, 0.1) is 5.25 Å². The van der Waals surface area contributed by atoms with Crippen molar-refractivity contribution in [1.29, 1.82) is 0 Å². The molecule has 150 valence electrons. The third-order valence-corrected chi connectivity index (χ3v) is 11.6. The Balaban J connectivity index is 2.02. The summed E-state index contributed by atoms with van der Waals surface area (Å²) in [6.45, 7) is 4.37. The van der Waals surface area contributed by atoms with Crippen molar-refractivity contribution in [1.82, 2.24) is 0 Å². The summed E-state index contributed by atoms with van der Waals surface area (Å²) in [5.41, 5.74) is 0. The minimum atomic E-state index is -2.57. The zero-order chi connectivity index (χ0) is 20.7. The number of halogens is 1. The minimum Gasteiger partial charge on any atom is -0.303 e. The van der Waals surface area contributed by atoms with E-state index in [1.54, 1.807) is 11.8 Å². The molecule has 3 aromatic rings. The van der Waals surface area contributed by atoms with E-state index in [1.807, 2.05) is 30.3 Å². The largest absolute Gasteiger partial charge is 0.303 e. The fourth-order valence-corrected chi connectivity index (χ4v) is 9.16. The van der Waals surface area contributed by atoms with Crippen molar-refractivity contribution in [3.8, 4) is 0 Å². The number of thioether (sulfide) groups is 1. The molecule has 0 aliphatic heterocycles. The van der Waals surface area contributed by atoms with Crippen molar-refractivity contribution in [2.75, 3.05) is 0 Å². The second kappa shape index (κ2) is 10.4. The molecule has 1 nitrogen and oxygen atoms in total. The first-order chi connectivity index (χ1) is 14.0. The average Bonchev–Trinajstić information content (AvgIpc) is 2.77. The van der Waals surface area contributed by atoms with Gasteiger partial charge < -0.3 is 4.79 Å². The van der Waals surface area contributed by atoms with Gasteiger partial charge in [-0.2, -0.15) is 0 Å². The van der Waals surface area contributed by atoms with E-state index in [0.717, 1.165) is 17.7 Å². The van der Waals surface area contributed by atoms with E-state index < -0.39 is 8.07 Å². The molecule has 0 spiro atoms. The van der Waals surface area contributed by atoms with E-state index >= 15 is 0 Å². The number of hydrogen-bond donors (Lipinski definition) is 0. The maximum Gasteiger partial charge on any atom is 0.192 e. The lowest BCUT2D eigenvalue weighted by Crippen LogP contribution is -2.64. The Kier molecular flexibility index (Phi) is 7.93. The molecule has 29 heavy (non-hydrogen) atoms. The van der Waals surface area contributed by atoms with Gasteiger partial charge in [-0.15, -0.1) is 11.8 Å². The molecule has 0 saturated heterocycles. The summed E-state index contributed by atoms with van der Waals surface area (Å²) in [6, 6.07) is 31.1. The van der Waals surface area contributed by atoms with Crippen molar-refractivity contribution in [2.24, 2.45) is 0 Å². The van der Waals surface area contributed by atoms with Crippen LogP contribution in [0.4, 0.5) is 0 Å².